The monoisotopic (exact) mass is 176 g/mol. The van der Waals surface area contributed by atoms with Crippen LogP contribution in [-0.2, 0) is 4.74 Å². The fourth-order valence-corrected chi connectivity index (χ4v) is 1.09. The van der Waals surface area contributed by atoms with E-state index in [4.69, 9.17) is 16.3 Å². The van der Waals surface area contributed by atoms with E-state index in [2.05, 4.69) is 13.5 Å². The Kier molecular flexibility index (Phi) is 5.61. The Balaban J connectivity index is 3.79. The zero-order chi connectivity index (χ0) is 8.85. The van der Waals surface area contributed by atoms with Crippen molar-refractivity contribution >= 4 is 11.6 Å². The van der Waals surface area contributed by atoms with Crippen LogP contribution in [-0.4, -0.2) is 18.1 Å². The lowest BCUT2D eigenvalue weighted by Gasteiger charge is -2.21. The lowest BCUT2D eigenvalue weighted by molar-refractivity contribution is 0.0407. The maximum atomic E-state index is 5.95. The van der Waals surface area contributed by atoms with Crippen LogP contribution in [0.2, 0.25) is 0 Å². The average Bonchev–Trinajstić information content (AvgIpc) is 2.02. The second-order valence-corrected chi connectivity index (χ2v) is 3.20. The molecular formula is C9H17ClO. The van der Waals surface area contributed by atoms with Gasteiger partial charge >= 0.3 is 0 Å². The van der Waals surface area contributed by atoms with Gasteiger partial charge in [0.05, 0.1) is 11.5 Å². The predicted molar refractivity (Wildman–Crippen MR) is 50.1 cm³/mol. The van der Waals surface area contributed by atoms with Crippen molar-refractivity contribution in [3.63, 3.8) is 0 Å². The highest BCUT2D eigenvalue weighted by molar-refractivity contribution is 6.21. The van der Waals surface area contributed by atoms with E-state index >= 15 is 0 Å². The van der Waals surface area contributed by atoms with Gasteiger partial charge in [-0.3, -0.25) is 0 Å². The highest BCUT2D eigenvalue weighted by atomic mass is 35.5. The second kappa shape index (κ2) is 5.62. The summed E-state index contributed by atoms with van der Waals surface area (Å²) < 4.78 is 5.39. The number of halogens is 1. The van der Waals surface area contributed by atoms with E-state index in [1.807, 2.05) is 13.8 Å². The SMILES string of the molecule is C=CC(Cl)C(C)[C@@H](C)OCC. The molecule has 0 aliphatic heterocycles. The van der Waals surface area contributed by atoms with E-state index in [0.29, 0.717) is 5.92 Å². The second-order valence-electron chi connectivity index (χ2n) is 2.70. The number of rotatable bonds is 5. The van der Waals surface area contributed by atoms with Gasteiger partial charge in [0, 0.05) is 12.5 Å². The summed E-state index contributed by atoms with van der Waals surface area (Å²) in [5.41, 5.74) is 0. The molecule has 0 rings (SSSR count). The number of hydrogen-bond acceptors (Lipinski definition) is 1. The fourth-order valence-electron chi connectivity index (χ4n) is 0.888. The van der Waals surface area contributed by atoms with Crippen LogP contribution in [0, 0.1) is 5.92 Å². The molecule has 2 unspecified atom stereocenters. The molecule has 11 heavy (non-hydrogen) atoms. The smallest absolute Gasteiger partial charge is 0.0589 e. The van der Waals surface area contributed by atoms with Crippen molar-refractivity contribution in [3.05, 3.63) is 12.7 Å². The van der Waals surface area contributed by atoms with Gasteiger partial charge in [-0.1, -0.05) is 13.0 Å². The van der Waals surface area contributed by atoms with Gasteiger partial charge in [0.15, 0.2) is 0 Å². The standard InChI is InChI=1S/C9H17ClO/c1-5-9(10)7(3)8(4)11-6-2/h5,7-9H,1,6H2,2-4H3/t7?,8-,9?/m1/s1. The molecule has 0 heterocycles. The Morgan fingerprint density at radius 1 is 1.55 bits per heavy atom. The minimum absolute atomic E-state index is 0.0107. The van der Waals surface area contributed by atoms with Crippen molar-refractivity contribution in [1.82, 2.24) is 0 Å². The molecule has 0 N–H and O–H groups in total. The molecule has 0 bridgehead atoms. The minimum Gasteiger partial charge on any atom is -0.378 e. The summed E-state index contributed by atoms with van der Waals surface area (Å²) in [5, 5.41) is 0.0107. The first-order chi connectivity index (χ1) is 5.13. The zero-order valence-electron chi connectivity index (χ0n) is 7.51. The molecule has 0 aliphatic carbocycles. The molecule has 0 aliphatic rings. The van der Waals surface area contributed by atoms with E-state index in [1.54, 1.807) is 6.08 Å². The number of allylic oxidation sites excluding steroid dienone is 1. The van der Waals surface area contributed by atoms with Crippen LogP contribution in [0.5, 0.6) is 0 Å². The van der Waals surface area contributed by atoms with E-state index < -0.39 is 0 Å². The van der Waals surface area contributed by atoms with Gasteiger partial charge in [-0.2, -0.15) is 0 Å². The summed E-state index contributed by atoms with van der Waals surface area (Å²) in [7, 11) is 0. The van der Waals surface area contributed by atoms with Gasteiger partial charge in [0.25, 0.3) is 0 Å². The molecule has 0 saturated heterocycles. The largest absolute Gasteiger partial charge is 0.378 e. The van der Waals surface area contributed by atoms with Crippen LogP contribution in [0.4, 0.5) is 0 Å². The van der Waals surface area contributed by atoms with Gasteiger partial charge in [0.2, 0.25) is 0 Å². The van der Waals surface area contributed by atoms with Crippen LogP contribution < -0.4 is 0 Å². The molecule has 0 spiro atoms. The summed E-state index contributed by atoms with van der Waals surface area (Å²) in [6, 6.07) is 0. The molecule has 0 amide bonds. The molecule has 3 atom stereocenters. The molecule has 0 aromatic carbocycles. The van der Waals surface area contributed by atoms with Crippen LogP contribution in [0.1, 0.15) is 20.8 Å². The summed E-state index contributed by atoms with van der Waals surface area (Å²) in [4.78, 5) is 0. The minimum atomic E-state index is 0.0107. The van der Waals surface area contributed by atoms with Crippen LogP contribution in [0.25, 0.3) is 0 Å². The van der Waals surface area contributed by atoms with E-state index in [0.717, 1.165) is 6.61 Å². The summed E-state index contributed by atoms with van der Waals surface area (Å²) in [5.74, 6) is 0.328. The Labute approximate surface area is 74.4 Å². The summed E-state index contributed by atoms with van der Waals surface area (Å²) in [6.07, 6.45) is 1.96. The number of alkyl halides is 1. The van der Waals surface area contributed by atoms with Gasteiger partial charge in [-0.15, -0.1) is 18.2 Å². The van der Waals surface area contributed by atoms with Crippen LogP contribution in [0.15, 0.2) is 12.7 Å². The molecule has 0 aromatic heterocycles. The van der Waals surface area contributed by atoms with E-state index in [-0.39, 0.29) is 11.5 Å². The van der Waals surface area contributed by atoms with E-state index in [1.165, 1.54) is 0 Å². The first-order valence-corrected chi connectivity index (χ1v) is 4.45. The van der Waals surface area contributed by atoms with Crippen LogP contribution in [0.3, 0.4) is 0 Å². The Morgan fingerprint density at radius 2 is 2.09 bits per heavy atom. The molecule has 0 radical (unpaired) electrons. The Morgan fingerprint density at radius 3 is 2.45 bits per heavy atom. The van der Waals surface area contributed by atoms with Crippen molar-refractivity contribution in [2.24, 2.45) is 5.92 Å². The molecular weight excluding hydrogens is 160 g/mol. The molecule has 66 valence electrons. The van der Waals surface area contributed by atoms with Crippen molar-refractivity contribution in [2.75, 3.05) is 6.61 Å². The number of hydrogen-bond donors (Lipinski definition) is 0. The maximum Gasteiger partial charge on any atom is 0.0589 e. The third-order valence-corrected chi connectivity index (χ3v) is 2.47. The summed E-state index contributed by atoms with van der Waals surface area (Å²) >= 11 is 5.95. The van der Waals surface area contributed by atoms with Gasteiger partial charge < -0.3 is 4.74 Å². The molecule has 0 fully saturated rings. The van der Waals surface area contributed by atoms with Crippen LogP contribution >= 0.6 is 11.6 Å². The third kappa shape index (κ3) is 3.78. The Bertz CT molecular complexity index is 114. The zero-order valence-corrected chi connectivity index (χ0v) is 8.27. The Hall–Kier alpha value is -0.0100. The van der Waals surface area contributed by atoms with Gasteiger partial charge in [-0.25, -0.2) is 0 Å². The van der Waals surface area contributed by atoms with Gasteiger partial charge in [0.1, 0.15) is 0 Å². The molecule has 0 saturated carbocycles. The van der Waals surface area contributed by atoms with Gasteiger partial charge in [-0.05, 0) is 13.8 Å². The van der Waals surface area contributed by atoms with E-state index in [9.17, 15) is 0 Å². The summed E-state index contributed by atoms with van der Waals surface area (Å²) in [6.45, 7) is 10.5. The lowest BCUT2D eigenvalue weighted by atomic mass is 10.0. The topological polar surface area (TPSA) is 9.23 Å². The van der Waals surface area contributed by atoms with Crippen molar-refractivity contribution < 1.29 is 4.74 Å². The first-order valence-electron chi connectivity index (χ1n) is 4.01. The highest BCUT2D eigenvalue weighted by Crippen LogP contribution is 2.17. The third-order valence-electron chi connectivity index (χ3n) is 1.90. The first kappa shape index (κ1) is 11.0. The average molecular weight is 177 g/mol. The van der Waals surface area contributed by atoms with Crippen molar-refractivity contribution in [3.8, 4) is 0 Å². The molecule has 0 aromatic rings. The van der Waals surface area contributed by atoms with Crippen molar-refractivity contribution in [1.29, 1.82) is 0 Å². The molecule has 2 heteroatoms. The maximum absolute atomic E-state index is 5.95. The van der Waals surface area contributed by atoms with Crippen molar-refractivity contribution in [2.45, 2.75) is 32.3 Å². The predicted octanol–water partition coefficient (Wildman–Crippen LogP) is 2.84. The highest BCUT2D eigenvalue weighted by Gasteiger charge is 2.17. The number of ether oxygens (including phenoxy) is 1. The quantitative estimate of drug-likeness (QED) is 0.463. The normalized spacial score (nSPS) is 18.9. The lowest BCUT2D eigenvalue weighted by Crippen LogP contribution is -2.24. The molecule has 1 nitrogen and oxygen atoms in total. The fraction of sp³-hybridized carbons (Fsp3) is 0.778.